The Labute approximate surface area is 163 Å². The molecule has 0 radical (unpaired) electrons. The van der Waals surface area contributed by atoms with E-state index >= 15 is 0 Å². The molecule has 3 rings (SSSR count). The molecule has 0 fully saturated rings. The molecule has 7 heteroatoms. The maximum atomic E-state index is 13.0. The molecule has 3 aromatic rings. The fourth-order valence-corrected chi connectivity index (χ4v) is 4.23. The minimum atomic E-state index is -3.51. The summed E-state index contributed by atoms with van der Waals surface area (Å²) in [6.07, 6.45) is 2.54. The van der Waals surface area contributed by atoms with Gasteiger partial charge in [-0.3, -0.25) is 14.3 Å². The number of aryl methyl sites for hydroxylation is 2. The molecule has 0 aliphatic rings. The predicted molar refractivity (Wildman–Crippen MR) is 109 cm³/mol. The standard InChI is InChI=1S/C21H22N2O4S/c1-5-23-21(25)17(12-22-23)20(24)16-10-11-18(28(4,26)27)19(14(16)3)15-8-6-13(2)7-9-15/h6-12,22H,5H2,1-4H3. The summed E-state index contributed by atoms with van der Waals surface area (Å²) in [5.74, 6) is -0.431. The Morgan fingerprint density at radius 3 is 2.21 bits per heavy atom. The number of benzene rings is 2. The van der Waals surface area contributed by atoms with E-state index in [1.54, 1.807) is 13.8 Å². The molecular formula is C21H22N2O4S. The Morgan fingerprint density at radius 2 is 1.68 bits per heavy atom. The lowest BCUT2D eigenvalue weighted by molar-refractivity contribution is 0.103. The van der Waals surface area contributed by atoms with E-state index < -0.39 is 21.2 Å². The molecule has 146 valence electrons. The molecule has 0 atom stereocenters. The van der Waals surface area contributed by atoms with Crippen LogP contribution >= 0.6 is 0 Å². The Morgan fingerprint density at radius 1 is 1.04 bits per heavy atom. The minimum Gasteiger partial charge on any atom is -0.302 e. The molecular weight excluding hydrogens is 376 g/mol. The van der Waals surface area contributed by atoms with E-state index in [1.807, 2.05) is 31.2 Å². The molecule has 0 saturated carbocycles. The van der Waals surface area contributed by atoms with Gasteiger partial charge in [0, 0.05) is 30.1 Å². The molecule has 0 aliphatic heterocycles. The van der Waals surface area contributed by atoms with E-state index in [0.717, 1.165) is 11.8 Å². The first-order chi connectivity index (χ1) is 13.1. The molecule has 1 N–H and O–H groups in total. The molecule has 6 nitrogen and oxygen atoms in total. The van der Waals surface area contributed by atoms with Crippen LogP contribution in [0.3, 0.4) is 0 Å². The highest BCUT2D eigenvalue weighted by molar-refractivity contribution is 7.90. The van der Waals surface area contributed by atoms with Gasteiger partial charge in [0.2, 0.25) is 0 Å². The van der Waals surface area contributed by atoms with Crippen molar-refractivity contribution in [2.24, 2.45) is 0 Å². The van der Waals surface area contributed by atoms with Gasteiger partial charge in [-0.1, -0.05) is 29.8 Å². The summed E-state index contributed by atoms with van der Waals surface area (Å²) in [6.45, 7) is 5.88. The van der Waals surface area contributed by atoms with Crippen LogP contribution in [-0.4, -0.2) is 30.2 Å². The second-order valence-corrected chi connectivity index (χ2v) is 8.80. The lowest BCUT2D eigenvalue weighted by Gasteiger charge is -2.15. The number of rotatable bonds is 5. The zero-order valence-corrected chi connectivity index (χ0v) is 17.1. The third-order valence-corrected chi connectivity index (χ3v) is 5.95. The van der Waals surface area contributed by atoms with Crippen molar-refractivity contribution in [1.29, 1.82) is 0 Å². The van der Waals surface area contributed by atoms with Crippen LogP contribution in [0.25, 0.3) is 11.1 Å². The molecule has 0 saturated heterocycles. The van der Waals surface area contributed by atoms with Crippen LogP contribution in [0.4, 0.5) is 0 Å². The maximum Gasteiger partial charge on any atom is 0.277 e. The van der Waals surface area contributed by atoms with Gasteiger partial charge in [0.25, 0.3) is 5.56 Å². The van der Waals surface area contributed by atoms with Crippen molar-refractivity contribution in [3.8, 4) is 11.1 Å². The summed E-state index contributed by atoms with van der Waals surface area (Å²) in [7, 11) is -3.51. The molecule has 0 aliphatic carbocycles. The quantitative estimate of drug-likeness (QED) is 0.669. The lowest BCUT2D eigenvalue weighted by Crippen LogP contribution is -2.21. The van der Waals surface area contributed by atoms with E-state index in [-0.39, 0.29) is 10.5 Å². The number of aromatic amines is 1. The zero-order valence-electron chi connectivity index (χ0n) is 16.2. The monoisotopic (exact) mass is 398 g/mol. The summed E-state index contributed by atoms with van der Waals surface area (Å²) in [4.78, 5) is 25.6. The van der Waals surface area contributed by atoms with E-state index in [1.165, 1.54) is 23.0 Å². The van der Waals surface area contributed by atoms with Crippen LogP contribution in [0.2, 0.25) is 0 Å². The smallest absolute Gasteiger partial charge is 0.277 e. The van der Waals surface area contributed by atoms with Gasteiger partial charge in [0.1, 0.15) is 5.56 Å². The van der Waals surface area contributed by atoms with E-state index in [4.69, 9.17) is 0 Å². The predicted octanol–water partition coefficient (Wildman–Crippen LogP) is 3.11. The minimum absolute atomic E-state index is 0.0342. The van der Waals surface area contributed by atoms with Crippen LogP contribution in [0.15, 0.2) is 52.3 Å². The van der Waals surface area contributed by atoms with Gasteiger partial charge in [-0.15, -0.1) is 0 Å². The number of hydrogen-bond donors (Lipinski definition) is 1. The summed E-state index contributed by atoms with van der Waals surface area (Å²) >= 11 is 0. The van der Waals surface area contributed by atoms with Crippen molar-refractivity contribution in [1.82, 2.24) is 9.78 Å². The second-order valence-electron chi connectivity index (χ2n) is 6.82. The first kappa shape index (κ1) is 19.8. The molecule has 2 aromatic carbocycles. The number of sulfone groups is 1. The topological polar surface area (TPSA) is 89.0 Å². The van der Waals surface area contributed by atoms with E-state index in [9.17, 15) is 18.0 Å². The number of nitrogens with one attached hydrogen (secondary N) is 1. The Kier molecular flexibility index (Phi) is 5.12. The van der Waals surface area contributed by atoms with Gasteiger partial charge in [-0.05, 0) is 44.0 Å². The molecule has 28 heavy (non-hydrogen) atoms. The molecule has 0 unspecified atom stereocenters. The van der Waals surface area contributed by atoms with Crippen molar-refractivity contribution >= 4 is 15.6 Å². The Balaban J connectivity index is 2.26. The van der Waals surface area contributed by atoms with Gasteiger partial charge in [0.05, 0.1) is 4.90 Å². The average molecular weight is 398 g/mol. The zero-order chi connectivity index (χ0) is 20.6. The fourth-order valence-electron chi connectivity index (χ4n) is 3.27. The maximum absolute atomic E-state index is 13.0. The van der Waals surface area contributed by atoms with Crippen LogP contribution < -0.4 is 5.56 Å². The van der Waals surface area contributed by atoms with Crippen molar-refractivity contribution < 1.29 is 13.2 Å². The van der Waals surface area contributed by atoms with Crippen molar-refractivity contribution in [2.45, 2.75) is 32.2 Å². The number of H-pyrrole nitrogens is 1. The normalized spacial score (nSPS) is 11.6. The van der Waals surface area contributed by atoms with Crippen molar-refractivity contribution in [3.63, 3.8) is 0 Å². The fraction of sp³-hybridized carbons (Fsp3) is 0.238. The first-order valence-corrected chi connectivity index (χ1v) is 10.8. The van der Waals surface area contributed by atoms with Crippen LogP contribution in [-0.2, 0) is 16.4 Å². The summed E-state index contributed by atoms with van der Waals surface area (Å²) in [6, 6.07) is 10.4. The Bertz CT molecular complexity index is 1220. The molecule has 0 amide bonds. The van der Waals surface area contributed by atoms with Gasteiger partial charge in [0.15, 0.2) is 15.6 Å². The van der Waals surface area contributed by atoms with Gasteiger partial charge >= 0.3 is 0 Å². The van der Waals surface area contributed by atoms with E-state index in [2.05, 4.69) is 5.10 Å². The van der Waals surface area contributed by atoms with Crippen LogP contribution in [0.1, 0.15) is 34.0 Å². The molecule has 0 spiro atoms. The van der Waals surface area contributed by atoms with E-state index in [0.29, 0.717) is 28.8 Å². The number of hydrogen-bond acceptors (Lipinski definition) is 4. The number of nitrogens with zero attached hydrogens (tertiary/aromatic N) is 1. The highest BCUT2D eigenvalue weighted by Gasteiger charge is 2.24. The largest absolute Gasteiger partial charge is 0.302 e. The highest BCUT2D eigenvalue weighted by atomic mass is 32.2. The summed E-state index contributed by atoms with van der Waals surface area (Å²) in [5.41, 5.74) is 2.71. The second kappa shape index (κ2) is 7.24. The highest BCUT2D eigenvalue weighted by Crippen LogP contribution is 2.33. The van der Waals surface area contributed by atoms with Crippen LogP contribution in [0, 0.1) is 13.8 Å². The Hall–Kier alpha value is -2.93. The molecule has 0 bridgehead atoms. The SMILES string of the molecule is CCn1[nH]cc(C(=O)c2ccc(S(C)(=O)=O)c(-c3ccc(C)cc3)c2C)c1=O. The van der Waals surface area contributed by atoms with Gasteiger partial charge < -0.3 is 5.10 Å². The van der Waals surface area contributed by atoms with Crippen molar-refractivity contribution in [2.75, 3.05) is 6.26 Å². The third kappa shape index (κ3) is 3.45. The summed E-state index contributed by atoms with van der Waals surface area (Å²) < 4.78 is 26.0. The summed E-state index contributed by atoms with van der Waals surface area (Å²) in [5, 5.41) is 2.77. The molecule has 1 aromatic heterocycles. The first-order valence-electron chi connectivity index (χ1n) is 8.88. The molecule has 1 heterocycles. The van der Waals surface area contributed by atoms with Crippen LogP contribution in [0.5, 0.6) is 0 Å². The average Bonchev–Trinajstić information content (AvgIpc) is 3.01. The number of ketones is 1. The third-order valence-electron chi connectivity index (χ3n) is 4.81. The van der Waals surface area contributed by atoms with Crippen molar-refractivity contribution in [3.05, 3.63) is 75.2 Å². The lowest BCUT2D eigenvalue weighted by atomic mass is 9.92. The number of carbonyl (C=O) groups excluding carboxylic acids is 1. The van der Waals surface area contributed by atoms with Gasteiger partial charge in [-0.25, -0.2) is 8.42 Å². The van der Waals surface area contributed by atoms with Gasteiger partial charge in [-0.2, -0.15) is 0 Å². The number of aromatic nitrogens is 2. The number of carbonyl (C=O) groups is 1.